The summed E-state index contributed by atoms with van der Waals surface area (Å²) in [5.41, 5.74) is 1.56. The van der Waals surface area contributed by atoms with Crippen LogP contribution in [0.4, 0.5) is 5.69 Å². The van der Waals surface area contributed by atoms with Gasteiger partial charge in [-0.05, 0) is 23.6 Å². The SMILES string of the molecule is CN(C)c1ccc2ccnc(C#N)c2c1. The molecule has 0 amide bonds. The van der Waals surface area contributed by atoms with Crippen molar-refractivity contribution in [3.05, 3.63) is 36.2 Å². The lowest BCUT2D eigenvalue weighted by molar-refractivity contribution is 1.13. The van der Waals surface area contributed by atoms with E-state index in [4.69, 9.17) is 5.26 Å². The van der Waals surface area contributed by atoms with Gasteiger partial charge in [-0.3, -0.25) is 0 Å². The Hall–Kier alpha value is -2.08. The first kappa shape index (κ1) is 9.47. The van der Waals surface area contributed by atoms with Gasteiger partial charge in [0, 0.05) is 31.4 Å². The third-order valence-corrected chi connectivity index (χ3v) is 2.37. The minimum Gasteiger partial charge on any atom is -0.378 e. The molecule has 2 rings (SSSR count). The second kappa shape index (κ2) is 3.58. The topological polar surface area (TPSA) is 39.9 Å². The molecule has 0 fully saturated rings. The van der Waals surface area contributed by atoms with Gasteiger partial charge in [0.2, 0.25) is 0 Å². The van der Waals surface area contributed by atoms with E-state index in [9.17, 15) is 0 Å². The summed E-state index contributed by atoms with van der Waals surface area (Å²) < 4.78 is 0. The Morgan fingerprint density at radius 3 is 2.73 bits per heavy atom. The Bertz CT molecular complexity index is 538. The third kappa shape index (κ3) is 1.62. The largest absolute Gasteiger partial charge is 0.378 e. The van der Waals surface area contributed by atoms with Crippen molar-refractivity contribution in [2.24, 2.45) is 0 Å². The van der Waals surface area contributed by atoms with Crippen molar-refractivity contribution < 1.29 is 0 Å². The van der Waals surface area contributed by atoms with Crippen molar-refractivity contribution in [2.75, 3.05) is 19.0 Å². The molecule has 3 nitrogen and oxygen atoms in total. The van der Waals surface area contributed by atoms with Crippen LogP contribution >= 0.6 is 0 Å². The molecule has 0 unspecified atom stereocenters. The van der Waals surface area contributed by atoms with Crippen molar-refractivity contribution in [3.8, 4) is 6.07 Å². The molecule has 0 saturated carbocycles. The van der Waals surface area contributed by atoms with Gasteiger partial charge in [-0.2, -0.15) is 5.26 Å². The highest BCUT2D eigenvalue weighted by Gasteiger charge is 2.03. The van der Waals surface area contributed by atoms with Crippen LogP contribution in [0.3, 0.4) is 0 Å². The van der Waals surface area contributed by atoms with Crippen LogP contribution in [0.25, 0.3) is 10.8 Å². The summed E-state index contributed by atoms with van der Waals surface area (Å²) in [7, 11) is 3.95. The third-order valence-electron chi connectivity index (χ3n) is 2.37. The van der Waals surface area contributed by atoms with Gasteiger partial charge in [-0.1, -0.05) is 6.07 Å². The summed E-state index contributed by atoms with van der Waals surface area (Å²) in [5.74, 6) is 0. The number of anilines is 1. The van der Waals surface area contributed by atoms with Crippen molar-refractivity contribution in [3.63, 3.8) is 0 Å². The Kier molecular flexibility index (Phi) is 2.26. The predicted molar refractivity (Wildman–Crippen MR) is 60.8 cm³/mol. The Morgan fingerprint density at radius 1 is 1.27 bits per heavy atom. The molecule has 0 radical (unpaired) electrons. The number of nitrogens with zero attached hydrogens (tertiary/aromatic N) is 3. The van der Waals surface area contributed by atoms with Gasteiger partial charge >= 0.3 is 0 Å². The summed E-state index contributed by atoms with van der Waals surface area (Å²) in [4.78, 5) is 6.05. The molecular formula is C12H11N3. The molecular weight excluding hydrogens is 186 g/mol. The van der Waals surface area contributed by atoms with Crippen LogP contribution in [-0.2, 0) is 0 Å². The molecule has 0 bridgehead atoms. The summed E-state index contributed by atoms with van der Waals surface area (Å²) in [5, 5.41) is 10.9. The van der Waals surface area contributed by atoms with Gasteiger partial charge in [0.15, 0.2) is 0 Å². The number of hydrogen-bond donors (Lipinski definition) is 0. The molecule has 1 aromatic heterocycles. The molecule has 1 aromatic carbocycles. The van der Waals surface area contributed by atoms with Gasteiger partial charge < -0.3 is 4.90 Å². The molecule has 0 atom stereocenters. The van der Waals surface area contributed by atoms with E-state index in [-0.39, 0.29) is 0 Å². The van der Waals surface area contributed by atoms with E-state index in [0.29, 0.717) is 5.69 Å². The summed E-state index contributed by atoms with van der Waals surface area (Å²) in [6, 6.07) is 10.0. The number of hydrogen-bond acceptors (Lipinski definition) is 3. The first-order chi connectivity index (χ1) is 7.22. The monoisotopic (exact) mass is 197 g/mol. The van der Waals surface area contributed by atoms with Gasteiger partial charge in [0.05, 0.1) is 0 Å². The second-order valence-corrected chi connectivity index (χ2v) is 3.57. The van der Waals surface area contributed by atoms with E-state index >= 15 is 0 Å². The molecule has 2 aromatic rings. The Labute approximate surface area is 88.6 Å². The summed E-state index contributed by atoms with van der Waals surface area (Å²) >= 11 is 0. The molecule has 15 heavy (non-hydrogen) atoms. The van der Waals surface area contributed by atoms with E-state index in [2.05, 4.69) is 11.1 Å². The summed E-state index contributed by atoms with van der Waals surface area (Å²) in [6.45, 7) is 0. The van der Waals surface area contributed by atoms with Crippen LogP contribution in [0, 0.1) is 11.3 Å². The molecule has 0 N–H and O–H groups in total. The molecule has 0 spiro atoms. The van der Waals surface area contributed by atoms with Crippen LogP contribution in [0.1, 0.15) is 5.69 Å². The predicted octanol–water partition coefficient (Wildman–Crippen LogP) is 2.17. The Balaban J connectivity index is 2.74. The maximum Gasteiger partial charge on any atom is 0.148 e. The lowest BCUT2D eigenvalue weighted by atomic mass is 10.1. The zero-order valence-electron chi connectivity index (χ0n) is 8.73. The molecule has 74 valence electrons. The van der Waals surface area contributed by atoms with E-state index in [1.165, 1.54) is 0 Å². The van der Waals surface area contributed by atoms with Gasteiger partial charge in [-0.25, -0.2) is 4.98 Å². The minimum absolute atomic E-state index is 0.483. The zero-order valence-corrected chi connectivity index (χ0v) is 8.73. The molecule has 0 aliphatic carbocycles. The van der Waals surface area contributed by atoms with Crippen LogP contribution in [-0.4, -0.2) is 19.1 Å². The van der Waals surface area contributed by atoms with Crippen molar-refractivity contribution in [1.82, 2.24) is 4.98 Å². The van der Waals surface area contributed by atoms with Crippen LogP contribution in [0.2, 0.25) is 0 Å². The fourth-order valence-electron chi connectivity index (χ4n) is 1.52. The Morgan fingerprint density at radius 2 is 2.07 bits per heavy atom. The van der Waals surface area contributed by atoms with Crippen molar-refractivity contribution in [2.45, 2.75) is 0 Å². The maximum atomic E-state index is 8.94. The minimum atomic E-state index is 0.483. The highest BCUT2D eigenvalue weighted by molar-refractivity contribution is 5.89. The number of benzene rings is 1. The standard InChI is InChI=1S/C12H11N3/c1-15(2)10-4-3-9-5-6-14-12(8-13)11(9)7-10/h3-7H,1-2H3. The molecule has 0 aliphatic rings. The van der Waals surface area contributed by atoms with E-state index < -0.39 is 0 Å². The lowest BCUT2D eigenvalue weighted by Gasteiger charge is -2.13. The van der Waals surface area contributed by atoms with E-state index in [1.807, 2.05) is 43.3 Å². The lowest BCUT2D eigenvalue weighted by Crippen LogP contribution is -2.08. The van der Waals surface area contributed by atoms with Gasteiger partial charge in [0.1, 0.15) is 11.8 Å². The number of nitriles is 1. The van der Waals surface area contributed by atoms with E-state index in [0.717, 1.165) is 16.5 Å². The first-order valence-electron chi connectivity index (χ1n) is 4.68. The van der Waals surface area contributed by atoms with Gasteiger partial charge in [-0.15, -0.1) is 0 Å². The zero-order chi connectivity index (χ0) is 10.8. The summed E-state index contributed by atoms with van der Waals surface area (Å²) in [6.07, 6.45) is 1.66. The first-order valence-corrected chi connectivity index (χ1v) is 4.68. The highest BCUT2D eigenvalue weighted by Crippen LogP contribution is 2.22. The maximum absolute atomic E-state index is 8.94. The number of rotatable bonds is 1. The average Bonchev–Trinajstić information content (AvgIpc) is 2.27. The molecule has 0 saturated heterocycles. The molecule has 0 aliphatic heterocycles. The van der Waals surface area contributed by atoms with Crippen LogP contribution in [0.5, 0.6) is 0 Å². The van der Waals surface area contributed by atoms with E-state index in [1.54, 1.807) is 6.20 Å². The second-order valence-electron chi connectivity index (χ2n) is 3.57. The normalized spacial score (nSPS) is 9.93. The highest BCUT2D eigenvalue weighted by atomic mass is 15.1. The van der Waals surface area contributed by atoms with Gasteiger partial charge in [0.25, 0.3) is 0 Å². The average molecular weight is 197 g/mol. The van der Waals surface area contributed by atoms with Crippen LogP contribution < -0.4 is 4.90 Å². The number of fused-ring (bicyclic) bond motifs is 1. The molecule has 1 heterocycles. The molecule has 3 heteroatoms. The smallest absolute Gasteiger partial charge is 0.148 e. The number of pyridine rings is 1. The van der Waals surface area contributed by atoms with Crippen molar-refractivity contribution >= 4 is 16.5 Å². The quantitative estimate of drug-likeness (QED) is 0.703. The van der Waals surface area contributed by atoms with Crippen molar-refractivity contribution in [1.29, 1.82) is 5.26 Å². The number of aromatic nitrogens is 1. The fraction of sp³-hybridized carbons (Fsp3) is 0.167. The fourth-order valence-corrected chi connectivity index (χ4v) is 1.52. The van der Waals surface area contributed by atoms with Crippen LogP contribution in [0.15, 0.2) is 30.5 Å².